The van der Waals surface area contributed by atoms with Crippen molar-refractivity contribution in [2.24, 2.45) is 0 Å². The fourth-order valence-electron chi connectivity index (χ4n) is 2.59. The van der Waals surface area contributed by atoms with E-state index in [9.17, 15) is 4.79 Å². The van der Waals surface area contributed by atoms with Gasteiger partial charge in [-0.15, -0.1) is 0 Å². The first kappa shape index (κ1) is 13.1. The van der Waals surface area contributed by atoms with Gasteiger partial charge in [0.25, 0.3) is 0 Å². The number of thiophene rings is 1. The maximum atomic E-state index is 12.3. The van der Waals surface area contributed by atoms with Gasteiger partial charge in [-0.2, -0.15) is 11.3 Å². The fourth-order valence-corrected chi connectivity index (χ4v) is 3.30. The summed E-state index contributed by atoms with van der Waals surface area (Å²) < 4.78 is 0. The van der Waals surface area contributed by atoms with Crippen molar-refractivity contribution < 1.29 is 4.79 Å². The van der Waals surface area contributed by atoms with E-state index < -0.39 is 0 Å². The van der Waals surface area contributed by atoms with Crippen molar-refractivity contribution in [3.8, 4) is 0 Å². The number of pyridine rings is 1. The molecule has 3 rings (SSSR count). The monoisotopic (exact) mass is 287 g/mol. The number of rotatable bonds is 3. The highest BCUT2D eigenvalue weighted by Gasteiger charge is 2.29. The average molecular weight is 287 g/mol. The fraction of sp³-hybridized carbons (Fsp3) is 0.333. The molecule has 3 heterocycles. The largest absolute Gasteiger partial charge is 0.332 e. The Morgan fingerprint density at radius 3 is 3.15 bits per heavy atom. The molecule has 0 aromatic carbocycles. The van der Waals surface area contributed by atoms with Crippen LogP contribution < -0.4 is 5.32 Å². The number of hydrogen-bond acceptors (Lipinski definition) is 3. The molecular formula is C15H17N3OS. The van der Waals surface area contributed by atoms with Crippen molar-refractivity contribution in [3.05, 3.63) is 52.5 Å². The molecule has 0 unspecified atom stereocenters. The van der Waals surface area contributed by atoms with E-state index in [4.69, 9.17) is 0 Å². The smallest absolute Gasteiger partial charge is 0.318 e. The lowest BCUT2D eigenvalue weighted by atomic mass is 10.1. The molecule has 2 aromatic rings. The maximum absolute atomic E-state index is 12.3. The molecule has 1 aliphatic rings. The zero-order valence-electron chi connectivity index (χ0n) is 11.2. The van der Waals surface area contributed by atoms with Gasteiger partial charge in [-0.3, -0.25) is 4.98 Å². The Kier molecular flexibility index (Phi) is 3.97. The minimum Gasteiger partial charge on any atom is -0.332 e. The van der Waals surface area contributed by atoms with Crippen LogP contribution in [0.5, 0.6) is 0 Å². The summed E-state index contributed by atoms with van der Waals surface area (Å²) in [5, 5.41) is 7.16. The van der Waals surface area contributed by atoms with Gasteiger partial charge in [0.05, 0.1) is 18.3 Å². The first-order chi connectivity index (χ1) is 9.84. The molecule has 2 amide bonds. The van der Waals surface area contributed by atoms with Crippen LogP contribution in [0.4, 0.5) is 4.79 Å². The Hall–Kier alpha value is -1.88. The minimum atomic E-state index is 0.00403. The Labute approximate surface area is 122 Å². The molecule has 1 N–H and O–H groups in total. The average Bonchev–Trinajstić information content (AvgIpc) is 3.15. The van der Waals surface area contributed by atoms with Gasteiger partial charge in [-0.25, -0.2) is 4.79 Å². The second-order valence-corrected chi connectivity index (χ2v) is 5.67. The van der Waals surface area contributed by atoms with Gasteiger partial charge in [-0.05, 0) is 47.4 Å². The number of hydrogen-bond donors (Lipinski definition) is 1. The first-order valence-corrected chi connectivity index (χ1v) is 7.75. The van der Waals surface area contributed by atoms with E-state index in [1.807, 2.05) is 23.1 Å². The molecule has 0 bridgehead atoms. The molecule has 0 spiro atoms. The molecular weight excluding hydrogens is 270 g/mol. The van der Waals surface area contributed by atoms with Crippen molar-refractivity contribution >= 4 is 17.4 Å². The molecule has 1 aliphatic heterocycles. The summed E-state index contributed by atoms with van der Waals surface area (Å²) >= 11 is 1.68. The number of nitrogens with one attached hydrogen (secondary N) is 1. The number of amides is 2. The molecule has 0 radical (unpaired) electrons. The summed E-state index contributed by atoms with van der Waals surface area (Å²) in [4.78, 5) is 18.5. The third kappa shape index (κ3) is 2.82. The molecule has 2 aromatic heterocycles. The van der Waals surface area contributed by atoms with Crippen LogP contribution >= 0.6 is 11.3 Å². The Balaban J connectivity index is 1.62. The minimum absolute atomic E-state index is 0.00403. The van der Waals surface area contributed by atoms with E-state index in [0.717, 1.165) is 25.1 Å². The third-order valence-corrected chi connectivity index (χ3v) is 4.29. The highest BCUT2D eigenvalue weighted by atomic mass is 32.1. The number of carbonyl (C=O) groups excluding carboxylic acids is 1. The summed E-state index contributed by atoms with van der Waals surface area (Å²) in [6.45, 7) is 1.31. The van der Waals surface area contributed by atoms with E-state index >= 15 is 0 Å². The molecule has 5 heteroatoms. The Bertz CT molecular complexity index is 556. The molecule has 1 atom stereocenters. The molecule has 4 nitrogen and oxygen atoms in total. The van der Waals surface area contributed by atoms with Crippen molar-refractivity contribution in [2.45, 2.75) is 25.4 Å². The van der Waals surface area contributed by atoms with Crippen LogP contribution in [0.2, 0.25) is 0 Å². The maximum Gasteiger partial charge on any atom is 0.318 e. The normalized spacial score (nSPS) is 18.2. The van der Waals surface area contributed by atoms with Crippen LogP contribution in [0, 0.1) is 0 Å². The second-order valence-electron chi connectivity index (χ2n) is 4.89. The van der Waals surface area contributed by atoms with E-state index in [1.54, 1.807) is 17.5 Å². The van der Waals surface area contributed by atoms with Crippen LogP contribution in [0.1, 0.15) is 30.1 Å². The topological polar surface area (TPSA) is 45.2 Å². The van der Waals surface area contributed by atoms with Gasteiger partial charge < -0.3 is 10.2 Å². The highest BCUT2D eigenvalue weighted by molar-refractivity contribution is 7.07. The highest BCUT2D eigenvalue weighted by Crippen LogP contribution is 2.32. The second kappa shape index (κ2) is 6.05. The SMILES string of the molecule is O=C(NCc1ccccn1)N1CCC[C@@H]1c1ccsc1. The number of aromatic nitrogens is 1. The van der Waals surface area contributed by atoms with E-state index in [0.29, 0.717) is 6.54 Å². The van der Waals surface area contributed by atoms with Crippen LogP contribution in [-0.2, 0) is 6.54 Å². The molecule has 1 saturated heterocycles. The molecule has 104 valence electrons. The predicted molar refractivity (Wildman–Crippen MR) is 79.5 cm³/mol. The number of nitrogens with zero attached hydrogens (tertiary/aromatic N) is 2. The van der Waals surface area contributed by atoms with E-state index in [2.05, 4.69) is 27.1 Å². The van der Waals surface area contributed by atoms with Gasteiger partial charge in [0.1, 0.15) is 0 Å². The summed E-state index contributed by atoms with van der Waals surface area (Å²) in [5.74, 6) is 0. The van der Waals surface area contributed by atoms with Gasteiger partial charge in [0, 0.05) is 12.7 Å². The standard InChI is InChI=1S/C15H17N3OS/c19-15(17-10-13-4-1-2-7-16-13)18-8-3-5-14(18)12-6-9-20-11-12/h1-2,4,6-7,9,11,14H,3,5,8,10H2,(H,17,19)/t14-/m1/s1. The number of urea groups is 1. The van der Waals surface area contributed by atoms with Gasteiger partial charge >= 0.3 is 6.03 Å². The molecule has 1 fully saturated rings. The predicted octanol–water partition coefficient (Wildman–Crippen LogP) is 3.19. The third-order valence-electron chi connectivity index (χ3n) is 3.59. The van der Waals surface area contributed by atoms with E-state index in [1.165, 1.54) is 5.56 Å². The van der Waals surface area contributed by atoms with Crippen LogP contribution in [-0.4, -0.2) is 22.5 Å². The number of likely N-dealkylation sites (tertiary alicyclic amines) is 1. The van der Waals surface area contributed by atoms with Crippen LogP contribution in [0.15, 0.2) is 41.2 Å². The van der Waals surface area contributed by atoms with Crippen molar-refractivity contribution in [2.75, 3.05) is 6.54 Å². The summed E-state index contributed by atoms with van der Waals surface area (Å²) in [6.07, 6.45) is 3.86. The summed E-state index contributed by atoms with van der Waals surface area (Å²) in [6, 6.07) is 8.06. The summed E-state index contributed by atoms with van der Waals surface area (Å²) in [5.41, 5.74) is 2.13. The lowest BCUT2D eigenvalue weighted by molar-refractivity contribution is 0.192. The summed E-state index contributed by atoms with van der Waals surface area (Å²) in [7, 11) is 0. The van der Waals surface area contributed by atoms with Crippen molar-refractivity contribution in [1.82, 2.24) is 15.2 Å². The van der Waals surface area contributed by atoms with Gasteiger partial charge in [0.15, 0.2) is 0 Å². The quantitative estimate of drug-likeness (QED) is 0.942. The number of carbonyl (C=O) groups is 1. The van der Waals surface area contributed by atoms with Crippen LogP contribution in [0.25, 0.3) is 0 Å². The molecule has 0 aliphatic carbocycles. The Morgan fingerprint density at radius 2 is 2.40 bits per heavy atom. The zero-order chi connectivity index (χ0) is 13.8. The van der Waals surface area contributed by atoms with Gasteiger partial charge in [-0.1, -0.05) is 6.07 Å². The lowest BCUT2D eigenvalue weighted by Crippen LogP contribution is -2.39. The molecule has 0 saturated carbocycles. The lowest BCUT2D eigenvalue weighted by Gasteiger charge is -2.24. The van der Waals surface area contributed by atoms with Gasteiger partial charge in [0.2, 0.25) is 0 Å². The Morgan fingerprint density at radius 1 is 1.45 bits per heavy atom. The van der Waals surface area contributed by atoms with Crippen molar-refractivity contribution in [1.29, 1.82) is 0 Å². The van der Waals surface area contributed by atoms with E-state index in [-0.39, 0.29) is 12.1 Å². The van der Waals surface area contributed by atoms with Crippen molar-refractivity contribution in [3.63, 3.8) is 0 Å². The first-order valence-electron chi connectivity index (χ1n) is 6.81. The van der Waals surface area contributed by atoms with Crippen LogP contribution in [0.3, 0.4) is 0 Å². The molecule has 20 heavy (non-hydrogen) atoms. The zero-order valence-corrected chi connectivity index (χ0v) is 12.0.